The summed E-state index contributed by atoms with van der Waals surface area (Å²) in [5.41, 5.74) is 0. The Morgan fingerprint density at radius 1 is 1.08 bits per heavy atom. The largest absolute Gasteiger partial charge is 0.294 e. The molecule has 0 radical (unpaired) electrons. The smallest absolute Gasteiger partial charge is 0.0156 e. The molecule has 3 fully saturated rings. The van der Waals surface area contributed by atoms with Crippen LogP contribution in [0.25, 0.3) is 0 Å². The SMILES string of the molecule is CC1CC(C)N2C3CCC(C3)C12. The van der Waals surface area contributed by atoms with Crippen LogP contribution in [0.15, 0.2) is 0 Å². The number of fused-ring (bicyclic) bond motifs is 5. The lowest BCUT2D eigenvalue weighted by atomic mass is 9.90. The maximum absolute atomic E-state index is 2.85. The van der Waals surface area contributed by atoms with Crippen molar-refractivity contribution < 1.29 is 0 Å². The molecule has 1 saturated carbocycles. The zero-order valence-corrected chi connectivity index (χ0v) is 8.16. The molecule has 2 aliphatic heterocycles. The molecule has 1 heteroatoms. The fourth-order valence-electron chi connectivity index (χ4n) is 4.27. The summed E-state index contributed by atoms with van der Waals surface area (Å²) in [6.07, 6.45) is 6.01. The summed E-state index contributed by atoms with van der Waals surface area (Å²) in [7, 11) is 0. The van der Waals surface area contributed by atoms with Crippen molar-refractivity contribution in [3.63, 3.8) is 0 Å². The van der Waals surface area contributed by atoms with Gasteiger partial charge in [0.2, 0.25) is 0 Å². The van der Waals surface area contributed by atoms with Crippen molar-refractivity contribution in [3.05, 3.63) is 0 Å². The van der Waals surface area contributed by atoms with Gasteiger partial charge in [0, 0.05) is 18.1 Å². The zero-order valence-electron chi connectivity index (χ0n) is 8.16. The topological polar surface area (TPSA) is 3.24 Å². The number of rotatable bonds is 0. The fourth-order valence-corrected chi connectivity index (χ4v) is 4.27. The van der Waals surface area contributed by atoms with E-state index in [1.54, 1.807) is 0 Å². The Labute approximate surface area is 75.1 Å². The monoisotopic (exact) mass is 165 g/mol. The molecule has 68 valence electrons. The minimum atomic E-state index is 0.889. The molecular weight excluding hydrogens is 146 g/mol. The van der Waals surface area contributed by atoms with Gasteiger partial charge in [-0.15, -0.1) is 0 Å². The van der Waals surface area contributed by atoms with E-state index < -0.39 is 0 Å². The molecule has 1 nitrogen and oxygen atoms in total. The van der Waals surface area contributed by atoms with Gasteiger partial charge < -0.3 is 0 Å². The first-order chi connectivity index (χ1) is 5.77. The van der Waals surface area contributed by atoms with Gasteiger partial charge >= 0.3 is 0 Å². The Morgan fingerprint density at radius 2 is 1.92 bits per heavy atom. The van der Waals surface area contributed by atoms with Crippen LogP contribution in [-0.4, -0.2) is 23.0 Å². The highest BCUT2D eigenvalue weighted by Gasteiger charge is 2.52. The molecule has 0 N–H and O–H groups in total. The summed E-state index contributed by atoms with van der Waals surface area (Å²) in [4.78, 5) is 2.85. The summed E-state index contributed by atoms with van der Waals surface area (Å²) in [5.74, 6) is 2.06. The number of hydrogen-bond donors (Lipinski definition) is 0. The molecule has 12 heavy (non-hydrogen) atoms. The molecule has 1 aliphatic carbocycles. The predicted molar refractivity (Wildman–Crippen MR) is 50.0 cm³/mol. The van der Waals surface area contributed by atoms with Crippen molar-refractivity contribution in [2.45, 2.75) is 57.7 Å². The van der Waals surface area contributed by atoms with E-state index in [9.17, 15) is 0 Å². The van der Waals surface area contributed by atoms with E-state index >= 15 is 0 Å². The Morgan fingerprint density at radius 3 is 2.67 bits per heavy atom. The first kappa shape index (κ1) is 7.37. The van der Waals surface area contributed by atoms with Gasteiger partial charge in [-0.25, -0.2) is 0 Å². The Hall–Kier alpha value is -0.0400. The van der Waals surface area contributed by atoms with Gasteiger partial charge in [-0.05, 0) is 44.4 Å². The van der Waals surface area contributed by atoms with Crippen LogP contribution in [0.2, 0.25) is 0 Å². The highest BCUT2D eigenvalue weighted by molar-refractivity contribution is 5.07. The van der Waals surface area contributed by atoms with Gasteiger partial charge in [0.25, 0.3) is 0 Å². The average Bonchev–Trinajstić information content (AvgIpc) is 2.64. The summed E-state index contributed by atoms with van der Waals surface area (Å²) in [6.45, 7) is 4.89. The van der Waals surface area contributed by atoms with Gasteiger partial charge in [-0.1, -0.05) is 6.92 Å². The number of nitrogens with zero attached hydrogens (tertiary/aromatic N) is 1. The molecule has 5 unspecified atom stereocenters. The lowest BCUT2D eigenvalue weighted by Crippen LogP contribution is -2.41. The normalized spacial score (nSPS) is 58.0. The molecule has 5 atom stereocenters. The van der Waals surface area contributed by atoms with E-state index in [4.69, 9.17) is 0 Å². The maximum atomic E-state index is 2.85. The first-order valence-electron chi connectivity index (χ1n) is 5.55. The van der Waals surface area contributed by atoms with E-state index in [1.165, 1.54) is 25.7 Å². The maximum Gasteiger partial charge on any atom is 0.0156 e. The number of hydrogen-bond acceptors (Lipinski definition) is 1. The summed E-state index contributed by atoms with van der Waals surface area (Å²) in [5, 5.41) is 0. The molecule has 0 aromatic carbocycles. The molecule has 0 amide bonds. The Kier molecular flexibility index (Phi) is 1.39. The van der Waals surface area contributed by atoms with Gasteiger partial charge in [0.05, 0.1) is 0 Å². The van der Waals surface area contributed by atoms with Crippen molar-refractivity contribution in [2.24, 2.45) is 11.8 Å². The van der Waals surface area contributed by atoms with E-state index in [0.29, 0.717) is 0 Å². The van der Waals surface area contributed by atoms with E-state index in [0.717, 1.165) is 30.0 Å². The molecule has 2 bridgehead atoms. The zero-order chi connectivity index (χ0) is 8.29. The third kappa shape index (κ3) is 0.736. The second-order valence-corrected chi connectivity index (χ2v) is 5.23. The molecular formula is C11H19N. The van der Waals surface area contributed by atoms with Crippen molar-refractivity contribution in [1.82, 2.24) is 4.90 Å². The van der Waals surface area contributed by atoms with E-state index in [2.05, 4.69) is 18.7 Å². The standard InChI is InChI=1S/C11H19N/c1-7-5-8(2)12-10-4-3-9(6-10)11(7)12/h7-11H,3-6H2,1-2H3. The highest BCUT2D eigenvalue weighted by Crippen LogP contribution is 2.50. The third-order valence-electron chi connectivity index (χ3n) is 4.50. The molecule has 0 aromatic heterocycles. The molecule has 0 spiro atoms. The first-order valence-corrected chi connectivity index (χ1v) is 5.55. The quantitative estimate of drug-likeness (QED) is 0.532. The lowest BCUT2D eigenvalue weighted by Gasteiger charge is -2.33. The van der Waals surface area contributed by atoms with E-state index in [-0.39, 0.29) is 0 Å². The molecule has 2 saturated heterocycles. The highest BCUT2D eigenvalue weighted by atomic mass is 15.3. The summed E-state index contributed by atoms with van der Waals surface area (Å²) < 4.78 is 0. The van der Waals surface area contributed by atoms with Crippen LogP contribution in [0.4, 0.5) is 0 Å². The summed E-state index contributed by atoms with van der Waals surface area (Å²) >= 11 is 0. The van der Waals surface area contributed by atoms with Crippen LogP contribution in [-0.2, 0) is 0 Å². The van der Waals surface area contributed by atoms with Crippen molar-refractivity contribution >= 4 is 0 Å². The predicted octanol–water partition coefficient (Wildman–Crippen LogP) is 2.27. The van der Waals surface area contributed by atoms with Crippen LogP contribution in [0.1, 0.15) is 39.5 Å². The summed E-state index contributed by atoms with van der Waals surface area (Å²) in [6, 6.07) is 2.86. The Bertz CT molecular complexity index is 181. The minimum Gasteiger partial charge on any atom is -0.294 e. The van der Waals surface area contributed by atoms with Gasteiger partial charge in [-0.2, -0.15) is 0 Å². The van der Waals surface area contributed by atoms with Crippen LogP contribution in [0.3, 0.4) is 0 Å². The van der Waals surface area contributed by atoms with Crippen molar-refractivity contribution in [1.29, 1.82) is 0 Å². The Balaban J connectivity index is 1.92. The van der Waals surface area contributed by atoms with Gasteiger partial charge in [0.15, 0.2) is 0 Å². The second kappa shape index (κ2) is 2.25. The number of piperidine rings is 1. The van der Waals surface area contributed by atoms with Crippen LogP contribution >= 0.6 is 0 Å². The van der Waals surface area contributed by atoms with E-state index in [1.807, 2.05) is 0 Å². The minimum absolute atomic E-state index is 0.889. The van der Waals surface area contributed by atoms with Gasteiger partial charge in [0.1, 0.15) is 0 Å². The van der Waals surface area contributed by atoms with Crippen LogP contribution < -0.4 is 0 Å². The van der Waals surface area contributed by atoms with Gasteiger partial charge in [-0.3, -0.25) is 4.90 Å². The third-order valence-corrected chi connectivity index (χ3v) is 4.50. The van der Waals surface area contributed by atoms with Crippen LogP contribution in [0, 0.1) is 11.8 Å². The molecule has 0 aromatic rings. The molecule has 2 heterocycles. The fraction of sp³-hybridized carbons (Fsp3) is 1.00. The molecule has 3 aliphatic rings. The van der Waals surface area contributed by atoms with Crippen molar-refractivity contribution in [2.75, 3.05) is 0 Å². The van der Waals surface area contributed by atoms with Crippen molar-refractivity contribution in [3.8, 4) is 0 Å². The average molecular weight is 165 g/mol. The lowest BCUT2D eigenvalue weighted by molar-refractivity contribution is 0.135. The second-order valence-electron chi connectivity index (χ2n) is 5.23. The van der Waals surface area contributed by atoms with Crippen LogP contribution in [0.5, 0.6) is 0 Å². The molecule has 3 rings (SSSR count).